The van der Waals surface area contributed by atoms with Gasteiger partial charge in [0.05, 0.1) is 19.8 Å². The highest BCUT2D eigenvalue weighted by atomic mass is 35.5. The van der Waals surface area contributed by atoms with Gasteiger partial charge in [0.15, 0.2) is 0 Å². The number of benzene rings is 1. The van der Waals surface area contributed by atoms with Gasteiger partial charge < -0.3 is 14.5 Å². The zero-order valence-corrected chi connectivity index (χ0v) is 18.6. The van der Waals surface area contributed by atoms with Crippen LogP contribution in [0.2, 0.25) is 5.02 Å². The minimum atomic E-state index is -3.87. The van der Waals surface area contributed by atoms with E-state index in [0.29, 0.717) is 50.7 Å². The van der Waals surface area contributed by atoms with Gasteiger partial charge in [-0.2, -0.15) is 4.72 Å². The number of likely N-dealkylation sites (tertiary alicyclic amines) is 1. The number of hydrogen-bond acceptors (Lipinski definition) is 6. The molecule has 0 unspecified atom stereocenters. The number of sulfonamides is 1. The van der Waals surface area contributed by atoms with Gasteiger partial charge in [0.1, 0.15) is 10.3 Å². The Morgan fingerprint density at radius 1 is 1.23 bits per heavy atom. The zero-order chi connectivity index (χ0) is 21.3. The van der Waals surface area contributed by atoms with Crippen LogP contribution in [0.25, 0.3) is 10.1 Å². The smallest absolute Gasteiger partial charge is 0.250 e. The second kappa shape index (κ2) is 8.80. The predicted octanol–water partition coefficient (Wildman–Crippen LogP) is 1.68. The van der Waals surface area contributed by atoms with E-state index >= 15 is 0 Å². The van der Waals surface area contributed by atoms with E-state index in [1.807, 2.05) is 0 Å². The highest BCUT2D eigenvalue weighted by molar-refractivity contribution is 7.91. The fourth-order valence-electron chi connectivity index (χ4n) is 3.64. The van der Waals surface area contributed by atoms with Crippen LogP contribution in [0.15, 0.2) is 28.5 Å². The number of carbonyl (C=O) groups is 2. The van der Waals surface area contributed by atoms with Crippen molar-refractivity contribution in [1.82, 2.24) is 14.5 Å². The summed E-state index contributed by atoms with van der Waals surface area (Å²) in [5.41, 5.74) is 0. The molecule has 2 saturated heterocycles. The largest absolute Gasteiger partial charge is 0.378 e. The Labute approximate surface area is 183 Å². The number of rotatable bonds is 5. The summed E-state index contributed by atoms with van der Waals surface area (Å²) in [5, 5.41) is 1.31. The summed E-state index contributed by atoms with van der Waals surface area (Å²) in [7, 11) is -3.87. The fourth-order valence-corrected chi connectivity index (χ4v) is 6.56. The van der Waals surface area contributed by atoms with Gasteiger partial charge in [0.25, 0.3) is 10.0 Å². The second-order valence-corrected chi connectivity index (χ2v) is 10.8. The first kappa shape index (κ1) is 21.5. The number of carbonyl (C=O) groups excluding carboxylic acids is 2. The summed E-state index contributed by atoms with van der Waals surface area (Å²) in [6.07, 6.45) is 1.02. The molecule has 1 atom stereocenters. The molecule has 2 aliphatic heterocycles. The number of halogens is 1. The molecule has 0 spiro atoms. The van der Waals surface area contributed by atoms with Crippen LogP contribution < -0.4 is 4.72 Å². The first-order chi connectivity index (χ1) is 14.3. The maximum Gasteiger partial charge on any atom is 0.250 e. The van der Waals surface area contributed by atoms with E-state index in [1.54, 1.807) is 29.2 Å². The highest BCUT2D eigenvalue weighted by Crippen LogP contribution is 2.31. The molecule has 30 heavy (non-hydrogen) atoms. The van der Waals surface area contributed by atoms with Crippen LogP contribution in [0.5, 0.6) is 0 Å². The summed E-state index contributed by atoms with van der Waals surface area (Å²) in [6.45, 7) is 2.39. The van der Waals surface area contributed by atoms with Gasteiger partial charge in [-0.1, -0.05) is 17.7 Å². The molecule has 162 valence electrons. The van der Waals surface area contributed by atoms with Crippen molar-refractivity contribution in [2.75, 3.05) is 39.4 Å². The summed E-state index contributed by atoms with van der Waals surface area (Å²) in [4.78, 5) is 28.5. The van der Waals surface area contributed by atoms with E-state index in [9.17, 15) is 18.0 Å². The van der Waals surface area contributed by atoms with Crippen molar-refractivity contribution in [2.45, 2.75) is 23.1 Å². The predicted molar refractivity (Wildman–Crippen MR) is 114 cm³/mol. The molecule has 2 aliphatic rings. The summed E-state index contributed by atoms with van der Waals surface area (Å²) >= 11 is 7.09. The van der Waals surface area contributed by atoms with Crippen LogP contribution in [-0.4, -0.2) is 75.5 Å². The normalized spacial score (nSPS) is 20.7. The summed E-state index contributed by atoms with van der Waals surface area (Å²) < 4.78 is 34.4. The molecule has 0 saturated carbocycles. The zero-order valence-electron chi connectivity index (χ0n) is 16.2. The Kier molecular flexibility index (Phi) is 6.31. The van der Waals surface area contributed by atoms with Gasteiger partial charge in [0.2, 0.25) is 11.8 Å². The van der Waals surface area contributed by atoms with E-state index in [2.05, 4.69) is 4.72 Å². The molecule has 2 aromatic rings. The molecule has 11 heteroatoms. The van der Waals surface area contributed by atoms with E-state index in [4.69, 9.17) is 16.3 Å². The van der Waals surface area contributed by atoms with Gasteiger partial charge in [-0.15, -0.1) is 11.3 Å². The molecule has 1 N–H and O–H groups in total. The summed E-state index contributed by atoms with van der Waals surface area (Å²) in [5.74, 6) is -0.507. The van der Waals surface area contributed by atoms with Crippen LogP contribution in [-0.2, 0) is 24.3 Å². The molecule has 4 rings (SSSR count). The highest BCUT2D eigenvalue weighted by Gasteiger charge is 2.34. The molecule has 0 aliphatic carbocycles. The molecule has 3 heterocycles. The van der Waals surface area contributed by atoms with Crippen molar-refractivity contribution in [3.05, 3.63) is 29.3 Å². The summed E-state index contributed by atoms with van der Waals surface area (Å²) in [6, 6.07) is 5.87. The first-order valence-electron chi connectivity index (χ1n) is 9.69. The maximum atomic E-state index is 12.9. The van der Waals surface area contributed by atoms with E-state index in [1.165, 1.54) is 4.90 Å². The lowest BCUT2D eigenvalue weighted by Gasteiger charge is -2.34. The molecular weight excluding hydrogens is 450 g/mol. The molecule has 8 nitrogen and oxygen atoms in total. The average Bonchev–Trinajstić information content (AvgIpc) is 3.16. The third kappa shape index (κ3) is 4.62. The lowest BCUT2D eigenvalue weighted by atomic mass is 10.1. The monoisotopic (exact) mass is 471 g/mol. The topological polar surface area (TPSA) is 96.0 Å². The van der Waals surface area contributed by atoms with Crippen molar-refractivity contribution >= 4 is 54.9 Å². The number of fused-ring (bicyclic) bond motifs is 1. The minimum Gasteiger partial charge on any atom is -0.378 e. The Morgan fingerprint density at radius 3 is 2.77 bits per heavy atom. The Bertz CT molecular complexity index is 1070. The molecular formula is C19H22ClN3O5S2. The van der Waals surface area contributed by atoms with Crippen LogP contribution in [0.1, 0.15) is 12.8 Å². The molecule has 1 aromatic carbocycles. The van der Waals surface area contributed by atoms with Crippen LogP contribution in [0, 0.1) is 0 Å². The van der Waals surface area contributed by atoms with Gasteiger partial charge >= 0.3 is 0 Å². The molecule has 2 fully saturated rings. The number of nitrogens with one attached hydrogen (secondary N) is 1. The van der Waals surface area contributed by atoms with E-state index < -0.39 is 16.1 Å². The second-order valence-electron chi connectivity index (χ2n) is 7.32. The Morgan fingerprint density at radius 2 is 2.00 bits per heavy atom. The lowest BCUT2D eigenvalue weighted by molar-refractivity contribution is -0.145. The van der Waals surface area contributed by atoms with Crippen molar-refractivity contribution < 1.29 is 22.7 Å². The van der Waals surface area contributed by atoms with Crippen molar-refractivity contribution in [2.24, 2.45) is 0 Å². The van der Waals surface area contributed by atoms with Gasteiger partial charge in [0, 0.05) is 29.4 Å². The average molecular weight is 472 g/mol. The fraction of sp³-hybridized carbons (Fsp3) is 0.474. The molecule has 0 bridgehead atoms. The number of amides is 2. The standard InChI is InChI=1S/C19H22ClN3O5S2/c20-14-4-3-13-10-18(29-16(13)11-14)30(26,27)21-15-2-1-5-23(19(15)25)12-17(24)22-6-8-28-9-7-22/h3-4,10-11,15,21H,1-2,5-9,12H2/t15-/m0/s1. The lowest BCUT2D eigenvalue weighted by Crippen LogP contribution is -2.55. The van der Waals surface area contributed by atoms with E-state index in [-0.39, 0.29) is 22.6 Å². The third-order valence-electron chi connectivity index (χ3n) is 5.24. The quantitative estimate of drug-likeness (QED) is 0.715. The minimum absolute atomic E-state index is 0.0432. The number of nitrogens with zero attached hydrogens (tertiary/aromatic N) is 2. The number of morpholine rings is 1. The number of thiophene rings is 1. The van der Waals surface area contributed by atoms with Crippen molar-refractivity contribution in [1.29, 1.82) is 0 Å². The van der Waals surface area contributed by atoms with Crippen molar-refractivity contribution in [3.63, 3.8) is 0 Å². The number of ether oxygens (including phenoxy) is 1. The SMILES string of the molecule is O=C(CN1CCC[C@H](NS(=O)(=O)c2cc3ccc(Cl)cc3s2)C1=O)N1CCOCC1. The molecule has 1 aromatic heterocycles. The molecule has 0 radical (unpaired) electrons. The Balaban J connectivity index is 1.45. The van der Waals surface area contributed by atoms with Gasteiger partial charge in [-0.25, -0.2) is 8.42 Å². The van der Waals surface area contributed by atoms with Crippen molar-refractivity contribution in [3.8, 4) is 0 Å². The van der Waals surface area contributed by atoms with Gasteiger partial charge in [-0.05, 0) is 36.4 Å². The van der Waals surface area contributed by atoms with Crippen LogP contribution in [0.3, 0.4) is 0 Å². The Hall–Kier alpha value is -1.72. The number of piperidine rings is 1. The van der Waals surface area contributed by atoms with Gasteiger partial charge in [-0.3, -0.25) is 9.59 Å². The molecule has 2 amide bonds. The maximum absolute atomic E-state index is 12.9. The third-order valence-corrected chi connectivity index (χ3v) is 8.52. The van der Waals surface area contributed by atoms with E-state index in [0.717, 1.165) is 21.4 Å². The first-order valence-corrected chi connectivity index (χ1v) is 12.4. The number of hydrogen-bond donors (Lipinski definition) is 1. The van der Waals surface area contributed by atoms with Crippen LogP contribution >= 0.6 is 22.9 Å². The van der Waals surface area contributed by atoms with Crippen LogP contribution in [0.4, 0.5) is 0 Å².